The maximum absolute atomic E-state index is 11.8. The third kappa shape index (κ3) is 7.37. The first-order valence-electron chi connectivity index (χ1n) is 7.88. The minimum atomic E-state index is -0.372. The predicted octanol–water partition coefficient (Wildman–Crippen LogP) is 2.56. The summed E-state index contributed by atoms with van der Waals surface area (Å²) in [5.74, 6) is 0.745. The topological polar surface area (TPSA) is 65.5 Å². The molecule has 128 valence electrons. The summed E-state index contributed by atoms with van der Waals surface area (Å²) in [6.07, 6.45) is 0. The standard InChI is InChI=1S/C17H27ClN4O/c1-5-19-16(21-11-10-20-15(23)17(2,3)4)22-12-13-8-6-7-9-14(13)18/h6-9H,5,10-12H2,1-4H3,(H,20,23)(H2,19,21,22). The van der Waals surface area contributed by atoms with Crippen molar-refractivity contribution in [2.75, 3.05) is 19.6 Å². The number of nitrogens with one attached hydrogen (secondary N) is 3. The second-order valence-electron chi connectivity index (χ2n) is 6.22. The first-order valence-corrected chi connectivity index (χ1v) is 8.26. The molecule has 0 aliphatic rings. The first kappa shape index (κ1) is 19.3. The molecule has 1 aromatic carbocycles. The number of hydrogen-bond acceptors (Lipinski definition) is 2. The maximum Gasteiger partial charge on any atom is 0.225 e. The van der Waals surface area contributed by atoms with Gasteiger partial charge >= 0.3 is 0 Å². The SMILES string of the molecule is CCNC(=NCc1ccccc1Cl)NCCNC(=O)C(C)(C)C. The molecule has 6 heteroatoms. The smallest absolute Gasteiger partial charge is 0.225 e. The average molecular weight is 339 g/mol. The number of hydrogen-bond donors (Lipinski definition) is 3. The highest BCUT2D eigenvalue weighted by atomic mass is 35.5. The molecule has 0 aromatic heterocycles. The number of benzene rings is 1. The van der Waals surface area contributed by atoms with Crippen LogP contribution in [0.1, 0.15) is 33.3 Å². The molecule has 0 atom stereocenters. The summed E-state index contributed by atoms with van der Waals surface area (Å²) in [6, 6.07) is 7.66. The second-order valence-corrected chi connectivity index (χ2v) is 6.63. The highest BCUT2D eigenvalue weighted by Crippen LogP contribution is 2.15. The molecular formula is C17H27ClN4O. The Labute approximate surface area is 143 Å². The predicted molar refractivity (Wildman–Crippen MR) is 96.7 cm³/mol. The largest absolute Gasteiger partial charge is 0.357 e. The van der Waals surface area contributed by atoms with Crippen molar-refractivity contribution in [2.24, 2.45) is 10.4 Å². The molecule has 0 aliphatic carbocycles. The van der Waals surface area contributed by atoms with E-state index in [2.05, 4.69) is 20.9 Å². The zero-order valence-electron chi connectivity index (χ0n) is 14.4. The number of amides is 1. The minimum Gasteiger partial charge on any atom is -0.357 e. The summed E-state index contributed by atoms with van der Waals surface area (Å²) >= 11 is 6.13. The zero-order chi connectivity index (χ0) is 17.3. The van der Waals surface area contributed by atoms with Gasteiger partial charge < -0.3 is 16.0 Å². The van der Waals surface area contributed by atoms with Crippen molar-refractivity contribution in [1.29, 1.82) is 0 Å². The number of aliphatic imine (C=N–C) groups is 1. The summed E-state index contributed by atoms with van der Waals surface area (Å²) in [5, 5.41) is 9.98. The first-order chi connectivity index (χ1) is 10.8. The van der Waals surface area contributed by atoms with Crippen molar-refractivity contribution >= 4 is 23.5 Å². The van der Waals surface area contributed by atoms with E-state index in [1.165, 1.54) is 0 Å². The van der Waals surface area contributed by atoms with Gasteiger partial charge in [0.05, 0.1) is 6.54 Å². The van der Waals surface area contributed by atoms with Crippen LogP contribution in [0, 0.1) is 5.41 Å². The van der Waals surface area contributed by atoms with Crippen molar-refractivity contribution in [3.63, 3.8) is 0 Å². The van der Waals surface area contributed by atoms with Crippen LogP contribution in [0.15, 0.2) is 29.3 Å². The van der Waals surface area contributed by atoms with E-state index in [0.29, 0.717) is 30.6 Å². The lowest BCUT2D eigenvalue weighted by molar-refractivity contribution is -0.128. The lowest BCUT2D eigenvalue weighted by Gasteiger charge is -2.18. The fourth-order valence-electron chi connectivity index (χ4n) is 1.75. The Morgan fingerprint density at radius 2 is 1.78 bits per heavy atom. The number of nitrogens with zero attached hydrogens (tertiary/aromatic N) is 1. The fraction of sp³-hybridized carbons (Fsp3) is 0.529. The van der Waals surface area contributed by atoms with E-state index in [1.54, 1.807) is 0 Å². The molecule has 1 amide bonds. The number of carbonyl (C=O) groups excluding carboxylic acids is 1. The van der Waals surface area contributed by atoms with Crippen LogP contribution in [-0.2, 0) is 11.3 Å². The van der Waals surface area contributed by atoms with Gasteiger partial charge in [0.15, 0.2) is 5.96 Å². The Kier molecular flexibility index (Phi) is 7.89. The Morgan fingerprint density at radius 3 is 2.39 bits per heavy atom. The van der Waals surface area contributed by atoms with Gasteiger partial charge in [0, 0.05) is 30.1 Å². The van der Waals surface area contributed by atoms with Crippen LogP contribution in [0.25, 0.3) is 0 Å². The molecule has 0 spiro atoms. The summed E-state index contributed by atoms with van der Waals surface area (Å²) < 4.78 is 0. The fourth-order valence-corrected chi connectivity index (χ4v) is 1.95. The lowest BCUT2D eigenvalue weighted by Crippen LogP contribution is -2.43. The van der Waals surface area contributed by atoms with Crippen LogP contribution < -0.4 is 16.0 Å². The van der Waals surface area contributed by atoms with E-state index >= 15 is 0 Å². The Hall–Kier alpha value is -1.75. The number of halogens is 1. The Morgan fingerprint density at radius 1 is 1.13 bits per heavy atom. The van der Waals surface area contributed by atoms with Crippen molar-refractivity contribution in [2.45, 2.75) is 34.2 Å². The van der Waals surface area contributed by atoms with Gasteiger partial charge in [-0.2, -0.15) is 0 Å². The Balaban J connectivity index is 2.47. The van der Waals surface area contributed by atoms with Crippen LogP contribution in [-0.4, -0.2) is 31.5 Å². The summed E-state index contributed by atoms with van der Waals surface area (Å²) in [7, 11) is 0. The molecule has 1 aromatic rings. The van der Waals surface area contributed by atoms with Gasteiger partial charge in [0.2, 0.25) is 5.91 Å². The quantitative estimate of drug-likeness (QED) is 0.424. The third-order valence-electron chi connectivity index (χ3n) is 3.09. The maximum atomic E-state index is 11.8. The molecule has 0 radical (unpaired) electrons. The summed E-state index contributed by atoms with van der Waals surface area (Å²) in [6.45, 7) is 10.1. The van der Waals surface area contributed by atoms with E-state index < -0.39 is 0 Å². The molecule has 0 aliphatic heterocycles. The normalized spacial score (nSPS) is 12.0. The van der Waals surface area contributed by atoms with Gasteiger partial charge in [-0.15, -0.1) is 0 Å². The molecule has 0 saturated heterocycles. The molecule has 0 saturated carbocycles. The molecule has 1 rings (SSSR count). The van der Waals surface area contributed by atoms with Crippen molar-refractivity contribution in [1.82, 2.24) is 16.0 Å². The molecule has 3 N–H and O–H groups in total. The highest BCUT2D eigenvalue weighted by molar-refractivity contribution is 6.31. The van der Waals surface area contributed by atoms with Crippen LogP contribution >= 0.6 is 11.6 Å². The lowest BCUT2D eigenvalue weighted by atomic mass is 9.96. The van der Waals surface area contributed by atoms with E-state index in [4.69, 9.17) is 11.6 Å². The van der Waals surface area contributed by atoms with Gasteiger partial charge in [-0.05, 0) is 18.6 Å². The van der Waals surface area contributed by atoms with Crippen LogP contribution in [0.5, 0.6) is 0 Å². The van der Waals surface area contributed by atoms with E-state index in [0.717, 1.165) is 12.1 Å². The minimum absolute atomic E-state index is 0.0392. The van der Waals surface area contributed by atoms with E-state index in [9.17, 15) is 4.79 Å². The second kappa shape index (κ2) is 9.40. The number of guanidine groups is 1. The molecular weight excluding hydrogens is 312 g/mol. The van der Waals surface area contributed by atoms with Crippen molar-refractivity contribution in [3.05, 3.63) is 34.9 Å². The Bertz CT molecular complexity index is 538. The highest BCUT2D eigenvalue weighted by Gasteiger charge is 2.20. The van der Waals surface area contributed by atoms with Crippen LogP contribution in [0.2, 0.25) is 5.02 Å². The molecule has 0 fully saturated rings. The van der Waals surface area contributed by atoms with Crippen LogP contribution in [0.4, 0.5) is 0 Å². The van der Waals surface area contributed by atoms with Gasteiger partial charge in [-0.3, -0.25) is 4.79 Å². The van der Waals surface area contributed by atoms with Gasteiger partial charge in [-0.25, -0.2) is 4.99 Å². The van der Waals surface area contributed by atoms with Gasteiger partial charge in [-0.1, -0.05) is 50.6 Å². The van der Waals surface area contributed by atoms with Crippen molar-refractivity contribution < 1.29 is 4.79 Å². The molecule has 0 bridgehead atoms. The number of carbonyl (C=O) groups is 1. The monoisotopic (exact) mass is 338 g/mol. The van der Waals surface area contributed by atoms with Crippen molar-refractivity contribution in [3.8, 4) is 0 Å². The zero-order valence-corrected chi connectivity index (χ0v) is 15.1. The molecule has 5 nitrogen and oxygen atoms in total. The third-order valence-corrected chi connectivity index (χ3v) is 3.46. The molecule has 23 heavy (non-hydrogen) atoms. The average Bonchev–Trinajstić information content (AvgIpc) is 2.49. The number of rotatable bonds is 6. The molecule has 0 heterocycles. The van der Waals surface area contributed by atoms with Crippen LogP contribution in [0.3, 0.4) is 0 Å². The van der Waals surface area contributed by atoms with E-state index in [1.807, 2.05) is 52.0 Å². The summed E-state index contributed by atoms with van der Waals surface area (Å²) in [4.78, 5) is 16.3. The summed E-state index contributed by atoms with van der Waals surface area (Å²) in [5.41, 5.74) is 0.607. The van der Waals surface area contributed by atoms with Gasteiger partial charge in [0.25, 0.3) is 0 Å². The van der Waals surface area contributed by atoms with Gasteiger partial charge in [0.1, 0.15) is 0 Å². The molecule has 0 unspecified atom stereocenters. The van der Waals surface area contributed by atoms with E-state index in [-0.39, 0.29) is 11.3 Å².